The molecule has 0 heterocycles. The van der Waals surface area contributed by atoms with Crippen LogP contribution in [-0.2, 0) is 10.1 Å². The van der Waals surface area contributed by atoms with Crippen molar-refractivity contribution in [2.24, 2.45) is 0 Å². The second-order valence-electron chi connectivity index (χ2n) is 6.51. The molecule has 0 saturated heterocycles. The molecule has 0 bridgehead atoms. The van der Waals surface area contributed by atoms with Crippen LogP contribution in [0.5, 0.6) is 11.5 Å². The number of ether oxygens (including phenoxy) is 1. The number of hydrogen-bond donors (Lipinski definition) is 1. The van der Waals surface area contributed by atoms with Gasteiger partial charge in [0.15, 0.2) is 0 Å². The minimum atomic E-state index is -4.62. The highest BCUT2D eigenvalue weighted by molar-refractivity contribution is 14.1. The molecule has 1 fully saturated rings. The summed E-state index contributed by atoms with van der Waals surface area (Å²) in [5.41, 5.74) is 0.420. The average Bonchev–Trinajstić information content (AvgIpc) is 2.63. The van der Waals surface area contributed by atoms with Gasteiger partial charge in [-0.05, 0) is 77.2 Å². The molecule has 2 aromatic rings. The summed E-state index contributed by atoms with van der Waals surface area (Å²) in [5.74, 6) is -0.832. The Bertz CT molecular complexity index is 964. The predicted octanol–water partition coefficient (Wildman–Crippen LogP) is 4.17. The second kappa shape index (κ2) is 8.15. The Morgan fingerprint density at radius 1 is 1.15 bits per heavy atom. The summed E-state index contributed by atoms with van der Waals surface area (Å²) in [4.78, 5) is 12.1. The van der Waals surface area contributed by atoms with Gasteiger partial charge in [-0.2, -0.15) is 0 Å². The van der Waals surface area contributed by atoms with E-state index in [4.69, 9.17) is 4.74 Å². The largest absolute Gasteiger partial charge is 0.744 e. The highest BCUT2D eigenvalue weighted by Crippen LogP contribution is 2.38. The zero-order valence-corrected chi connectivity index (χ0v) is 17.3. The van der Waals surface area contributed by atoms with Gasteiger partial charge in [0, 0.05) is 0 Å². The molecule has 0 spiro atoms. The zero-order chi connectivity index (χ0) is 19.6. The first-order chi connectivity index (χ1) is 12.8. The first-order valence-corrected chi connectivity index (χ1v) is 11.1. The molecule has 1 aliphatic carbocycles. The summed E-state index contributed by atoms with van der Waals surface area (Å²) in [6.45, 7) is 0. The van der Waals surface area contributed by atoms with Crippen molar-refractivity contribution < 1.29 is 27.6 Å². The van der Waals surface area contributed by atoms with Gasteiger partial charge in [0.1, 0.15) is 27.2 Å². The molecule has 1 saturated carbocycles. The zero-order valence-electron chi connectivity index (χ0n) is 14.4. The van der Waals surface area contributed by atoms with E-state index < -0.39 is 16.1 Å². The first-order valence-electron chi connectivity index (χ1n) is 8.57. The third-order valence-corrected chi connectivity index (χ3v) is 6.49. The summed E-state index contributed by atoms with van der Waals surface area (Å²) in [5, 5.41) is 10.0. The lowest BCUT2D eigenvalue weighted by Crippen LogP contribution is -2.13. The van der Waals surface area contributed by atoms with Crippen LogP contribution < -0.4 is 4.74 Å². The van der Waals surface area contributed by atoms with Gasteiger partial charge in [0.05, 0.1) is 8.47 Å². The summed E-state index contributed by atoms with van der Waals surface area (Å²) in [6.07, 6.45) is 4.58. The third kappa shape index (κ3) is 4.61. The van der Waals surface area contributed by atoms with Crippen molar-refractivity contribution in [3.8, 4) is 11.5 Å². The van der Waals surface area contributed by atoms with E-state index in [-0.39, 0.29) is 27.9 Å². The van der Waals surface area contributed by atoms with E-state index in [2.05, 4.69) is 0 Å². The maximum Gasteiger partial charge on any atom is 0.347 e. The Morgan fingerprint density at radius 2 is 1.85 bits per heavy atom. The van der Waals surface area contributed by atoms with E-state index in [1.54, 1.807) is 12.1 Å². The van der Waals surface area contributed by atoms with E-state index in [0.29, 0.717) is 9.13 Å². The number of benzene rings is 2. The molecule has 3 rings (SSSR count). The lowest BCUT2D eigenvalue weighted by Gasteiger charge is -2.25. The van der Waals surface area contributed by atoms with Gasteiger partial charge in [0.2, 0.25) is 0 Å². The molecule has 27 heavy (non-hydrogen) atoms. The van der Waals surface area contributed by atoms with Crippen molar-refractivity contribution in [2.75, 3.05) is 0 Å². The fraction of sp³-hybridized carbons (Fsp3) is 0.316. The normalized spacial score (nSPS) is 15.5. The molecule has 8 heteroatoms. The average molecular weight is 501 g/mol. The quantitative estimate of drug-likeness (QED) is 0.292. The summed E-state index contributed by atoms with van der Waals surface area (Å²) in [7, 11) is -4.62. The van der Waals surface area contributed by atoms with E-state index >= 15 is 0 Å². The van der Waals surface area contributed by atoms with Crippen LogP contribution in [0.3, 0.4) is 0 Å². The minimum absolute atomic E-state index is 0.0154. The Kier molecular flexibility index (Phi) is 6.07. The van der Waals surface area contributed by atoms with Crippen molar-refractivity contribution in [1.82, 2.24) is 0 Å². The SMILES string of the molecule is O=C(Oc1ccc(S(=O)(=O)[O-])c(C2CCCCC2)c1)c1cccc(I)c1O. The molecular weight excluding hydrogens is 483 g/mol. The lowest BCUT2D eigenvalue weighted by molar-refractivity contribution is 0.0731. The molecule has 1 aliphatic rings. The van der Waals surface area contributed by atoms with E-state index in [1.807, 2.05) is 22.6 Å². The molecule has 0 aliphatic heterocycles. The third-order valence-electron chi connectivity index (χ3n) is 4.71. The van der Waals surface area contributed by atoms with Crippen LogP contribution in [0.1, 0.15) is 53.9 Å². The van der Waals surface area contributed by atoms with Crippen LogP contribution in [0.4, 0.5) is 0 Å². The Morgan fingerprint density at radius 3 is 2.52 bits per heavy atom. The fourth-order valence-electron chi connectivity index (χ4n) is 3.39. The molecular formula is C19H18IO6S-. The molecule has 0 radical (unpaired) electrons. The fourth-order valence-corrected chi connectivity index (χ4v) is 4.64. The molecule has 2 aromatic carbocycles. The number of phenols is 1. The first kappa shape index (κ1) is 20.1. The molecule has 0 atom stereocenters. The Balaban J connectivity index is 1.94. The van der Waals surface area contributed by atoms with E-state index in [0.717, 1.165) is 32.1 Å². The predicted molar refractivity (Wildman–Crippen MR) is 106 cm³/mol. The smallest absolute Gasteiger partial charge is 0.347 e. The van der Waals surface area contributed by atoms with Gasteiger partial charge >= 0.3 is 5.97 Å². The van der Waals surface area contributed by atoms with Crippen LogP contribution in [0.15, 0.2) is 41.3 Å². The van der Waals surface area contributed by atoms with Crippen molar-refractivity contribution in [2.45, 2.75) is 42.9 Å². The number of phenolic OH excluding ortho intramolecular Hbond substituents is 1. The van der Waals surface area contributed by atoms with Crippen molar-refractivity contribution in [1.29, 1.82) is 0 Å². The van der Waals surface area contributed by atoms with Gasteiger partial charge < -0.3 is 14.4 Å². The molecule has 0 unspecified atom stereocenters. The van der Waals surface area contributed by atoms with Gasteiger partial charge in [-0.1, -0.05) is 25.3 Å². The van der Waals surface area contributed by atoms with E-state index in [9.17, 15) is 22.9 Å². The number of halogens is 1. The highest BCUT2D eigenvalue weighted by atomic mass is 127. The molecule has 1 N–H and O–H groups in total. The maximum absolute atomic E-state index is 12.4. The topological polar surface area (TPSA) is 104 Å². The van der Waals surface area contributed by atoms with Gasteiger partial charge in [-0.3, -0.25) is 0 Å². The highest BCUT2D eigenvalue weighted by Gasteiger charge is 2.23. The minimum Gasteiger partial charge on any atom is -0.744 e. The number of esters is 1. The molecule has 6 nitrogen and oxygen atoms in total. The Hall–Kier alpha value is -1.65. The van der Waals surface area contributed by atoms with Crippen molar-refractivity contribution in [3.63, 3.8) is 0 Å². The van der Waals surface area contributed by atoms with E-state index in [1.165, 1.54) is 24.3 Å². The number of rotatable bonds is 4. The summed E-state index contributed by atoms with van der Waals surface area (Å²) in [6, 6.07) is 8.67. The maximum atomic E-state index is 12.4. The van der Waals surface area contributed by atoms with Crippen molar-refractivity contribution in [3.05, 3.63) is 51.1 Å². The second-order valence-corrected chi connectivity index (χ2v) is 9.02. The van der Waals surface area contributed by atoms with Gasteiger partial charge in [0.25, 0.3) is 0 Å². The van der Waals surface area contributed by atoms with Gasteiger partial charge in [-0.25, -0.2) is 13.2 Å². The monoisotopic (exact) mass is 501 g/mol. The number of hydrogen-bond acceptors (Lipinski definition) is 6. The summed E-state index contributed by atoms with van der Waals surface area (Å²) < 4.78 is 40.8. The molecule has 0 amide bonds. The summed E-state index contributed by atoms with van der Waals surface area (Å²) >= 11 is 1.90. The van der Waals surface area contributed by atoms with Crippen LogP contribution in [0.2, 0.25) is 0 Å². The lowest BCUT2D eigenvalue weighted by atomic mass is 9.84. The van der Waals surface area contributed by atoms with Crippen LogP contribution in [0, 0.1) is 3.57 Å². The number of carbonyl (C=O) groups is 1. The standard InChI is InChI=1S/C19H19IO6S/c20-16-8-4-7-14(18(16)21)19(22)26-13-9-10-17(27(23,24)25)15(11-13)12-5-2-1-3-6-12/h4,7-12,21H,1-3,5-6H2,(H,23,24,25)/p-1. The number of para-hydroxylation sites is 1. The molecule has 0 aromatic heterocycles. The van der Waals surface area contributed by atoms with Crippen LogP contribution in [0.25, 0.3) is 0 Å². The van der Waals surface area contributed by atoms with Gasteiger partial charge in [-0.15, -0.1) is 0 Å². The number of carbonyl (C=O) groups excluding carboxylic acids is 1. The Labute approximate surface area is 171 Å². The van der Waals surface area contributed by atoms with Crippen LogP contribution >= 0.6 is 22.6 Å². The molecule has 144 valence electrons. The van der Waals surface area contributed by atoms with Crippen LogP contribution in [-0.4, -0.2) is 24.0 Å². The number of aromatic hydroxyl groups is 1. The van der Waals surface area contributed by atoms with Crippen molar-refractivity contribution >= 4 is 38.7 Å².